The lowest BCUT2D eigenvalue weighted by Gasteiger charge is -2.34. The highest BCUT2D eigenvalue weighted by Crippen LogP contribution is 2.29. The molecule has 0 saturated carbocycles. The van der Waals surface area contributed by atoms with Crippen LogP contribution in [0.4, 0.5) is 0 Å². The van der Waals surface area contributed by atoms with E-state index in [0.29, 0.717) is 36.4 Å². The van der Waals surface area contributed by atoms with Crippen molar-refractivity contribution in [2.45, 2.75) is 43.9 Å². The highest BCUT2D eigenvalue weighted by molar-refractivity contribution is 7.89. The standard InChI is InChI=1S/C25H32N2O3S/c1-19-16-20(2)18-27(17-19)31(29,30)24-10-8-23(9-11-24)25(28)26-14-12-22(13-15-26)21-6-4-3-5-7-21/h3-11,19-20,22H,12-18H2,1-2H3. The number of amides is 1. The van der Waals surface area contributed by atoms with Crippen LogP contribution >= 0.6 is 0 Å². The first-order chi connectivity index (χ1) is 14.8. The largest absolute Gasteiger partial charge is 0.339 e. The molecule has 0 radical (unpaired) electrons. The van der Waals surface area contributed by atoms with E-state index in [2.05, 4.69) is 38.1 Å². The maximum Gasteiger partial charge on any atom is 0.253 e. The van der Waals surface area contributed by atoms with Gasteiger partial charge in [-0.15, -0.1) is 0 Å². The van der Waals surface area contributed by atoms with Gasteiger partial charge in [0.25, 0.3) is 5.91 Å². The van der Waals surface area contributed by atoms with Crippen molar-refractivity contribution in [3.63, 3.8) is 0 Å². The third-order valence-corrected chi connectivity index (χ3v) is 8.47. The number of nitrogens with zero attached hydrogens (tertiary/aromatic N) is 2. The number of piperidine rings is 2. The van der Waals surface area contributed by atoms with Crippen molar-refractivity contribution in [3.05, 3.63) is 65.7 Å². The summed E-state index contributed by atoms with van der Waals surface area (Å²) in [5.41, 5.74) is 1.89. The van der Waals surface area contributed by atoms with Crippen molar-refractivity contribution in [3.8, 4) is 0 Å². The van der Waals surface area contributed by atoms with Gasteiger partial charge in [0.1, 0.15) is 0 Å². The number of rotatable bonds is 4. The summed E-state index contributed by atoms with van der Waals surface area (Å²) in [7, 11) is -3.52. The molecule has 2 atom stereocenters. The molecule has 2 aromatic carbocycles. The van der Waals surface area contributed by atoms with Crippen LogP contribution in [0.2, 0.25) is 0 Å². The normalized spacial score (nSPS) is 23.6. The molecule has 0 aromatic heterocycles. The van der Waals surface area contributed by atoms with E-state index in [1.165, 1.54) is 5.56 Å². The highest BCUT2D eigenvalue weighted by Gasteiger charge is 2.32. The summed E-state index contributed by atoms with van der Waals surface area (Å²) in [5, 5.41) is 0. The van der Waals surface area contributed by atoms with E-state index in [4.69, 9.17) is 0 Å². The number of likely N-dealkylation sites (tertiary alicyclic amines) is 1. The lowest BCUT2D eigenvalue weighted by atomic mass is 9.89. The zero-order valence-electron chi connectivity index (χ0n) is 18.4. The van der Waals surface area contributed by atoms with Crippen LogP contribution in [0.1, 0.15) is 54.9 Å². The summed E-state index contributed by atoms with van der Waals surface area (Å²) in [4.78, 5) is 15.1. The van der Waals surface area contributed by atoms with Gasteiger partial charge in [0.2, 0.25) is 10.0 Å². The average molecular weight is 441 g/mol. The molecule has 2 unspecified atom stereocenters. The lowest BCUT2D eigenvalue weighted by Crippen LogP contribution is -2.42. The molecule has 4 rings (SSSR count). The van der Waals surface area contributed by atoms with Gasteiger partial charge >= 0.3 is 0 Å². The molecule has 31 heavy (non-hydrogen) atoms. The van der Waals surface area contributed by atoms with E-state index in [0.717, 1.165) is 32.4 Å². The van der Waals surface area contributed by atoms with Gasteiger partial charge in [0.15, 0.2) is 0 Å². The third kappa shape index (κ3) is 4.85. The van der Waals surface area contributed by atoms with Crippen LogP contribution in [0.15, 0.2) is 59.5 Å². The van der Waals surface area contributed by atoms with Crippen molar-refractivity contribution in [1.29, 1.82) is 0 Å². The van der Waals surface area contributed by atoms with E-state index < -0.39 is 10.0 Å². The van der Waals surface area contributed by atoms with Gasteiger partial charge in [0.05, 0.1) is 4.90 Å². The molecule has 166 valence electrons. The zero-order chi connectivity index (χ0) is 22.0. The molecule has 1 amide bonds. The van der Waals surface area contributed by atoms with Crippen molar-refractivity contribution < 1.29 is 13.2 Å². The summed E-state index contributed by atoms with van der Waals surface area (Å²) >= 11 is 0. The smallest absolute Gasteiger partial charge is 0.253 e. The SMILES string of the molecule is CC1CC(C)CN(S(=O)(=O)c2ccc(C(=O)N3CCC(c4ccccc4)CC3)cc2)C1. The molecule has 5 nitrogen and oxygen atoms in total. The molecule has 2 aromatic rings. The van der Waals surface area contributed by atoms with Gasteiger partial charge in [-0.05, 0) is 66.8 Å². The molecule has 2 fully saturated rings. The van der Waals surface area contributed by atoms with Crippen LogP contribution < -0.4 is 0 Å². The Kier molecular flexibility index (Phi) is 6.49. The number of hydrogen-bond donors (Lipinski definition) is 0. The molecule has 6 heteroatoms. The lowest BCUT2D eigenvalue weighted by molar-refractivity contribution is 0.0713. The maximum atomic E-state index is 13.1. The predicted octanol–water partition coefficient (Wildman–Crippen LogP) is 4.37. The molecule has 0 spiro atoms. The van der Waals surface area contributed by atoms with E-state index in [1.807, 2.05) is 11.0 Å². The number of carbonyl (C=O) groups excluding carboxylic acids is 1. The van der Waals surface area contributed by atoms with E-state index in [-0.39, 0.29) is 10.8 Å². The fourth-order valence-corrected chi connectivity index (χ4v) is 6.72. The number of carbonyl (C=O) groups is 1. The summed E-state index contributed by atoms with van der Waals surface area (Å²) in [5.74, 6) is 1.19. The fourth-order valence-electron chi connectivity index (χ4n) is 5.04. The topological polar surface area (TPSA) is 57.7 Å². The van der Waals surface area contributed by atoms with Crippen LogP contribution in [0.5, 0.6) is 0 Å². The van der Waals surface area contributed by atoms with Gasteiger partial charge < -0.3 is 4.90 Å². The Morgan fingerprint density at radius 1 is 0.871 bits per heavy atom. The van der Waals surface area contributed by atoms with Gasteiger partial charge in [-0.3, -0.25) is 4.79 Å². The Morgan fingerprint density at radius 2 is 1.45 bits per heavy atom. The maximum absolute atomic E-state index is 13.1. The predicted molar refractivity (Wildman–Crippen MR) is 122 cm³/mol. The average Bonchev–Trinajstić information content (AvgIpc) is 2.79. The minimum atomic E-state index is -3.52. The van der Waals surface area contributed by atoms with Gasteiger partial charge in [-0.2, -0.15) is 4.31 Å². The van der Waals surface area contributed by atoms with E-state index in [9.17, 15) is 13.2 Å². The minimum absolute atomic E-state index is 0.0179. The van der Waals surface area contributed by atoms with Crippen molar-refractivity contribution in [2.24, 2.45) is 11.8 Å². The van der Waals surface area contributed by atoms with E-state index in [1.54, 1.807) is 28.6 Å². The molecule has 0 N–H and O–H groups in total. The van der Waals surface area contributed by atoms with Crippen molar-refractivity contribution in [2.75, 3.05) is 26.2 Å². The highest BCUT2D eigenvalue weighted by atomic mass is 32.2. The molecule has 0 bridgehead atoms. The minimum Gasteiger partial charge on any atom is -0.339 e. The first-order valence-corrected chi connectivity index (χ1v) is 12.7. The summed E-state index contributed by atoms with van der Waals surface area (Å²) < 4.78 is 27.7. The monoisotopic (exact) mass is 440 g/mol. The molecular formula is C25H32N2O3S. The molecule has 2 aliphatic rings. The summed E-state index contributed by atoms with van der Waals surface area (Å²) in [6.07, 6.45) is 2.96. The fraction of sp³-hybridized carbons (Fsp3) is 0.480. The molecule has 0 aliphatic carbocycles. The first-order valence-electron chi connectivity index (χ1n) is 11.3. The zero-order valence-corrected chi connectivity index (χ0v) is 19.2. The van der Waals surface area contributed by atoms with Crippen LogP contribution in [-0.4, -0.2) is 49.7 Å². The summed E-state index contributed by atoms with van der Waals surface area (Å²) in [6.45, 7) is 6.76. The molecular weight excluding hydrogens is 408 g/mol. The molecule has 2 saturated heterocycles. The molecule has 2 heterocycles. The number of sulfonamides is 1. The Bertz CT molecular complexity index is 987. The second kappa shape index (κ2) is 9.13. The Morgan fingerprint density at radius 3 is 2.03 bits per heavy atom. The number of hydrogen-bond acceptors (Lipinski definition) is 3. The molecule has 2 aliphatic heterocycles. The van der Waals surface area contributed by atoms with Gasteiger partial charge in [0, 0.05) is 31.7 Å². The second-order valence-electron chi connectivity index (χ2n) is 9.27. The number of benzene rings is 2. The van der Waals surface area contributed by atoms with Crippen molar-refractivity contribution in [1.82, 2.24) is 9.21 Å². The first kappa shape index (κ1) is 22.0. The van der Waals surface area contributed by atoms with Gasteiger partial charge in [-0.1, -0.05) is 44.2 Å². The Labute approximate surface area is 186 Å². The van der Waals surface area contributed by atoms with Crippen LogP contribution in [0, 0.1) is 11.8 Å². The van der Waals surface area contributed by atoms with Crippen LogP contribution in [0.3, 0.4) is 0 Å². The second-order valence-corrected chi connectivity index (χ2v) is 11.2. The summed E-state index contributed by atoms with van der Waals surface area (Å²) in [6, 6.07) is 17.0. The van der Waals surface area contributed by atoms with Gasteiger partial charge in [-0.25, -0.2) is 8.42 Å². The van der Waals surface area contributed by atoms with Crippen molar-refractivity contribution >= 4 is 15.9 Å². The van der Waals surface area contributed by atoms with Crippen LogP contribution in [0.25, 0.3) is 0 Å². The van der Waals surface area contributed by atoms with E-state index >= 15 is 0 Å². The third-order valence-electron chi connectivity index (χ3n) is 6.63. The quantitative estimate of drug-likeness (QED) is 0.709. The Hall–Kier alpha value is -2.18. The Balaban J connectivity index is 1.41. The van der Waals surface area contributed by atoms with Crippen LogP contribution in [-0.2, 0) is 10.0 Å².